The van der Waals surface area contributed by atoms with Gasteiger partial charge in [0, 0.05) is 0 Å². The van der Waals surface area contributed by atoms with Crippen LogP contribution in [0.5, 0.6) is 0 Å². The Labute approximate surface area is 85.4 Å². The van der Waals surface area contributed by atoms with Gasteiger partial charge in [0.2, 0.25) is 10.0 Å². The van der Waals surface area contributed by atoms with Gasteiger partial charge in [0.15, 0.2) is 0 Å². The Kier molecular flexibility index (Phi) is 2.26. The van der Waals surface area contributed by atoms with Gasteiger partial charge in [-0.1, -0.05) is 12.1 Å². The van der Waals surface area contributed by atoms with Crippen molar-refractivity contribution >= 4 is 31.6 Å². The van der Waals surface area contributed by atoms with E-state index < -0.39 is 10.0 Å². The molecule has 0 amide bonds. The molecule has 74 valence electrons. The SMILES string of the molecule is NS(=O)(=O)Cc1nc2ccccc2s1. The highest BCUT2D eigenvalue weighted by Crippen LogP contribution is 2.22. The first-order valence-corrected chi connectivity index (χ1v) is 6.43. The van der Waals surface area contributed by atoms with E-state index in [4.69, 9.17) is 5.14 Å². The summed E-state index contributed by atoms with van der Waals surface area (Å²) in [4.78, 5) is 4.16. The summed E-state index contributed by atoms with van der Waals surface area (Å²) in [7, 11) is -3.48. The van der Waals surface area contributed by atoms with Crippen LogP contribution in [0.25, 0.3) is 10.2 Å². The minimum absolute atomic E-state index is 0.188. The molecule has 0 saturated heterocycles. The number of para-hydroxylation sites is 1. The normalized spacial score (nSPS) is 12.1. The van der Waals surface area contributed by atoms with E-state index >= 15 is 0 Å². The number of sulfonamides is 1. The van der Waals surface area contributed by atoms with Crippen LogP contribution in [0.3, 0.4) is 0 Å². The molecule has 0 aliphatic rings. The number of hydrogen-bond donors (Lipinski definition) is 1. The van der Waals surface area contributed by atoms with E-state index in [9.17, 15) is 8.42 Å². The van der Waals surface area contributed by atoms with Gasteiger partial charge in [-0.2, -0.15) is 0 Å². The molecule has 0 saturated carbocycles. The summed E-state index contributed by atoms with van der Waals surface area (Å²) in [5, 5.41) is 5.46. The fourth-order valence-corrected chi connectivity index (χ4v) is 3.05. The molecule has 0 spiro atoms. The second-order valence-electron chi connectivity index (χ2n) is 2.88. The van der Waals surface area contributed by atoms with Crippen LogP contribution < -0.4 is 5.14 Å². The van der Waals surface area contributed by atoms with Gasteiger partial charge in [-0.05, 0) is 12.1 Å². The number of nitrogens with two attached hydrogens (primary N) is 1. The van der Waals surface area contributed by atoms with Crippen LogP contribution in [0.4, 0.5) is 0 Å². The van der Waals surface area contributed by atoms with Gasteiger partial charge >= 0.3 is 0 Å². The van der Waals surface area contributed by atoms with Crippen molar-refractivity contribution in [3.05, 3.63) is 29.3 Å². The Balaban J connectivity index is 2.46. The van der Waals surface area contributed by atoms with Gasteiger partial charge in [0.05, 0.1) is 10.2 Å². The Morgan fingerprint density at radius 2 is 2.07 bits per heavy atom. The van der Waals surface area contributed by atoms with Crippen LogP contribution in [0.15, 0.2) is 24.3 Å². The summed E-state index contributed by atoms with van der Waals surface area (Å²) >= 11 is 1.35. The number of benzene rings is 1. The van der Waals surface area contributed by atoms with E-state index in [1.54, 1.807) is 0 Å². The first kappa shape index (κ1) is 9.57. The lowest BCUT2D eigenvalue weighted by molar-refractivity contribution is 0.597. The predicted molar refractivity (Wildman–Crippen MR) is 56.4 cm³/mol. The standard InChI is InChI=1S/C8H8N2O2S2/c9-14(11,12)5-8-10-6-3-1-2-4-7(6)13-8/h1-4H,5H2,(H2,9,11,12). The predicted octanol–water partition coefficient (Wildman–Crippen LogP) is 1.08. The summed E-state index contributed by atoms with van der Waals surface area (Å²) in [5.41, 5.74) is 0.816. The van der Waals surface area contributed by atoms with E-state index in [1.165, 1.54) is 11.3 Å². The number of thiazole rings is 1. The number of fused-ring (bicyclic) bond motifs is 1. The zero-order chi connectivity index (χ0) is 10.2. The zero-order valence-electron chi connectivity index (χ0n) is 7.17. The molecule has 1 aromatic heterocycles. The van der Waals surface area contributed by atoms with Crippen LogP contribution >= 0.6 is 11.3 Å². The average Bonchev–Trinajstić information content (AvgIpc) is 2.42. The lowest BCUT2D eigenvalue weighted by Gasteiger charge is -1.90. The molecule has 6 heteroatoms. The van der Waals surface area contributed by atoms with Crippen molar-refractivity contribution in [2.75, 3.05) is 0 Å². The summed E-state index contributed by atoms with van der Waals surface area (Å²) < 4.78 is 22.6. The van der Waals surface area contributed by atoms with Crippen molar-refractivity contribution in [3.63, 3.8) is 0 Å². The fourth-order valence-electron chi connectivity index (χ4n) is 1.15. The van der Waals surface area contributed by atoms with Crippen molar-refractivity contribution in [2.45, 2.75) is 5.75 Å². The zero-order valence-corrected chi connectivity index (χ0v) is 8.81. The number of aromatic nitrogens is 1. The third kappa shape index (κ3) is 2.09. The topological polar surface area (TPSA) is 73.1 Å². The second kappa shape index (κ2) is 3.30. The fraction of sp³-hybridized carbons (Fsp3) is 0.125. The Bertz CT molecular complexity index is 526. The van der Waals surface area contributed by atoms with E-state index in [0.29, 0.717) is 5.01 Å². The van der Waals surface area contributed by atoms with Crippen LogP contribution in [0.2, 0.25) is 0 Å². The quantitative estimate of drug-likeness (QED) is 0.836. The highest BCUT2D eigenvalue weighted by molar-refractivity contribution is 7.88. The van der Waals surface area contributed by atoms with Gasteiger partial charge in [-0.3, -0.25) is 0 Å². The Morgan fingerprint density at radius 3 is 2.71 bits per heavy atom. The van der Waals surface area contributed by atoms with E-state index in [-0.39, 0.29) is 5.75 Å². The number of nitrogens with zero attached hydrogens (tertiary/aromatic N) is 1. The third-order valence-corrected chi connectivity index (χ3v) is 3.56. The highest BCUT2D eigenvalue weighted by Gasteiger charge is 2.09. The smallest absolute Gasteiger partial charge is 0.215 e. The molecule has 0 atom stereocenters. The Hall–Kier alpha value is -0.980. The van der Waals surface area contributed by atoms with Crippen LogP contribution in [-0.2, 0) is 15.8 Å². The molecule has 1 heterocycles. The van der Waals surface area contributed by atoms with Gasteiger partial charge in [0.25, 0.3) is 0 Å². The molecule has 0 bridgehead atoms. The monoisotopic (exact) mass is 228 g/mol. The van der Waals surface area contributed by atoms with E-state index in [2.05, 4.69) is 4.98 Å². The molecule has 1 aromatic carbocycles. The summed E-state index contributed by atoms with van der Waals surface area (Å²) in [6.45, 7) is 0. The molecule has 2 rings (SSSR count). The van der Waals surface area contributed by atoms with E-state index in [1.807, 2.05) is 24.3 Å². The molecule has 0 unspecified atom stereocenters. The average molecular weight is 228 g/mol. The molecule has 0 aliphatic heterocycles. The molecule has 0 fully saturated rings. The summed E-state index contributed by atoms with van der Waals surface area (Å²) in [5.74, 6) is -0.188. The first-order chi connectivity index (χ1) is 6.54. The molecular formula is C8H8N2O2S2. The molecule has 0 aliphatic carbocycles. The lowest BCUT2D eigenvalue weighted by atomic mass is 10.3. The molecular weight excluding hydrogens is 220 g/mol. The van der Waals surface area contributed by atoms with Gasteiger partial charge in [0.1, 0.15) is 10.8 Å². The maximum atomic E-state index is 10.8. The van der Waals surface area contributed by atoms with Crippen molar-refractivity contribution in [2.24, 2.45) is 5.14 Å². The maximum Gasteiger partial charge on any atom is 0.215 e. The van der Waals surface area contributed by atoms with Crippen molar-refractivity contribution in [1.82, 2.24) is 4.98 Å². The minimum atomic E-state index is -3.48. The summed E-state index contributed by atoms with van der Waals surface area (Å²) in [6, 6.07) is 7.50. The maximum absolute atomic E-state index is 10.8. The van der Waals surface area contributed by atoms with Crippen LogP contribution in [0, 0.1) is 0 Å². The second-order valence-corrected chi connectivity index (χ2v) is 5.61. The number of primary sulfonamides is 1. The number of hydrogen-bond acceptors (Lipinski definition) is 4. The molecule has 0 radical (unpaired) electrons. The Morgan fingerprint density at radius 1 is 1.36 bits per heavy atom. The lowest BCUT2D eigenvalue weighted by Crippen LogP contribution is -2.14. The van der Waals surface area contributed by atoms with Crippen molar-refractivity contribution < 1.29 is 8.42 Å². The van der Waals surface area contributed by atoms with Crippen LogP contribution in [0.1, 0.15) is 5.01 Å². The third-order valence-electron chi connectivity index (χ3n) is 1.66. The molecule has 2 N–H and O–H groups in total. The van der Waals surface area contributed by atoms with Gasteiger partial charge in [-0.25, -0.2) is 18.5 Å². The van der Waals surface area contributed by atoms with E-state index in [0.717, 1.165) is 10.2 Å². The first-order valence-electron chi connectivity index (χ1n) is 3.89. The van der Waals surface area contributed by atoms with Crippen molar-refractivity contribution in [3.8, 4) is 0 Å². The van der Waals surface area contributed by atoms with Gasteiger partial charge in [-0.15, -0.1) is 11.3 Å². The molecule has 2 aromatic rings. The van der Waals surface area contributed by atoms with Crippen LogP contribution in [-0.4, -0.2) is 13.4 Å². The molecule has 14 heavy (non-hydrogen) atoms. The molecule has 4 nitrogen and oxygen atoms in total. The summed E-state index contributed by atoms with van der Waals surface area (Å²) in [6.07, 6.45) is 0. The number of rotatable bonds is 2. The van der Waals surface area contributed by atoms with Gasteiger partial charge < -0.3 is 0 Å². The minimum Gasteiger partial charge on any atom is -0.240 e. The largest absolute Gasteiger partial charge is 0.240 e. The van der Waals surface area contributed by atoms with Crippen molar-refractivity contribution in [1.29, 1.82) is 0 Å². The highest BCUT2D eigenvalue weighted by atomic mass is 32.2.